The lowest BCUT2D eigenvalue weighted by Gasteiger charge is -2.15. The number of nitrogens with zero attached hydrogens (tertiary/aromatic N) is 4. The monoisotopic (exact) mass is 612 g/mol. The Labute approximate surface area is 290 Å². The van der Waals surface area contributed by atoms with Crippen LogP contribution in [0.2, 0.25) is 0 Å². The van der Waals surface area contributed by atoms with Crippen LogP contribution in [0.25, 0.3) is 86.8 Å². The van der Waals surface area contributed by atoms with Gasteiger partial charge in [-0.15, -0.1) is 11.3 Å². The lowest BCUT2D eigenvalue weighted by atomic mass is 10.1. The van der Waals surface area contributed by atoms with Crippen molar-refractivity contribution in [2.24, 2.45) is 0 Å². The maximum Gasteiger partial charge on any atom is 0.235 e. The SMILES string of the molecule is [2H]c1c([2H])c([2H])c(-n2c3c([2H])c([2H])c([2H])c([2H])c3c3c([2H])c([2H])c([2H])c([2H])c32)c(-c2nc(-n3c4c([2H])c([2H])c([2H])c([2H])c4c4c([2H])c([2H])c([2H])c([2H])c43)nc3c2sc2ccccc23)c1[2H]. The summed E-state index contributed by atoms with van der Waals surface area (Å²) in [7, 11) is 0. The highest BCUT2D eigenvalue weighted by Crippen LogP contribution is 2.42. The largest absolute Gasteiger partial charge is 0.309 e. The molecule has 0 spiro atoms. The maximum atomic E-state index is 9.55. The molecule has 5 heteroatoms. The number of thiophene rings is 1. The van der Waals surface area contributed by atoms with E-state index in [1.54, 1.807) is 24.3 Å². The zero-order valence-electron chi connectivity index (χ0n) is 42.5. The van der Waals surface area contributed by atoms with Crippen molar-refractivity contribution >= 4 is 75.3 Å². The van der Waals surface area contributed by atoms with E-state index in [1.807, 2.05) is 0 Å². The van der Waals surface area contributed by atoms with Gasteiger partial charge in [0.2, 0.25) is 5.95 Å². The summed E-state index contributed by atoms with van der Waals surface area (Å²) >= 11 is 1.09. The van der Waals surface area contributed by atoms with E-state index in [9.17, 15) is 2.74 Å². The molecule has 45 heavy (non-hydrogen) atoms. The molecule has 0 radical (unpaired) electrons. The van der Waals surface area contributed by atoms with Gasteiger partial charge in [-0.2, -0.15) is 0 Å². The zero-order chi connectivity index (χ0) is 46.9. The highest BCUT2D eigenvalue weighted by atomic mass is 32.1. The van der Waals surface area contributed by atoms with Crippen molar-refractivity contribution in [2.75, 3.05) is 0 Å². The van der Waals surface area contributed by atoms with Gasteiger partial charge in [-0.05, 0) is 36.3 Å². The lowest BCUT2D eigenvalue weighted by molar-refractivity contribution is 1.02. The molecule has 0 saturated carbocycles. The van der Waals surface area contributed by atoms with Crippen molar-refractivity contribution in [2.45, 2.75) is 0 Å². The van der Waals surface area contributed by atoms with E-state index >= 15 is 0 Å². The Kier molecular flexibility index (Phi) is 2.56. The zero-order valence-corrected chi connectivity index (χ0v) is 23.3. The normalized spacial score (nSPS) is 18.2. The minimum Gasteiger partial charge on any atom is -0.309 e. The van der Waals surface area contributed by atoms with Crippen molar-refractivity contribution in [3.05, 3.63) is 145 Å². The average Bonchev–Trinajstić information content (AvgIpc) is 3.98. The van der Waals surface area contributed by atoms with E-state index in [4.69, 9.17) is 34.6 Å². The van der Waals surface area contributed by atoms with E-state index < -0.39 is 149 Å². The molecule has 4 nitrogen and oxygen atoms in total. The molecule has 0 unspecified atom stereocenters. The first kappa shape index (κ1) is 12.3. The summed E-state index contributed by atoms with van der Waals surface area (Å²) in [5.74, 6) is -0.462. The molecular formula is C40H24N4S. The number of hydrogen-bond donors (Lipinski definition) is 0. The highest BCUT2D eigenvalue weighted by Gasteiger charge is 2.22. The van der Waals surface area contributed by atoms with Crippen LogP contribution in [0.4, 0.5) is 0 Å². The molecule has 10 aromatic rings. The van der Waals surface area contributed by atoms with Crippen LogP contribution < -0.4 is 0 Å². The summed E-state index contributed by atoms with van der Waals surface area (Å²) in [5.41, 5.74) is -2.70. The molecular weight excluding hydrogens is 569 g/mol. The van der Waals surface area contributed by atoms with Crippen molar-refractivity contribution in [1.82, 2.24) is 19.1 Å². The van der Waals surface area contributed by atoms with Crippen molar-refractivity contribution in [3.8, 4) is 22.9 Å². The molecule has 0 fully saturated rings. The van der Waals surface area contributed by atoms with Gasteiger partial charge in [-0.1, -0.05) is 109 Å². The Hall–Kier alpha value is -5.78. The molecule has 0 saturated heterocycles. The molecule has 4 aromatic heterocycles. The molecule has 0 aliphatic rings. The van der Waals surface area contributed by atoms with E-state index in [0.717, 1.165) is 20.5 Å². The van der Waals surface area contributed by atoms with Crippen molar-refractivity contribution in [1.29, 1.82) is 0 Å². The van der Waals surface area contributed by atoms with Gasteiger partial charge in [-0.3, -0.25) is 4.57 Å². The van der Waals surface area contributed by atoms with Crippen molar-refractivity contribution in [3.63, 3.8) is 0 Å². The first-order chi connectivity index (χ1) is 30.6. The van der Waals surface area contributed by atoms with Gasteiger partial charge in [0.25, 0.3) is 0 Å². The number of rotatable bonds is 3. The lowest BCUT2D eigenvalue weighted by Crippen LogP contribution is -2.04. The highest BCUT2D eigenvalue weighted by molar-refractivity contribution is 7.26. The van der Waals surface area contributed by atoms with Gasteiger partial charge in [0.05, 0.1) is 71.1 Å². The molecule has 0 bridgehead atoms. The Bertz CT molecular complexity index is 3760. The standard InChI is InChI=1S/C40H24N4S/c1-7-19-31-25(13-1)26-14-2-8-20-32(26)43(31)35-23-11-5-17-29(35)37-39-38(30-18-6-12-24-36(30)45-39)42-40(41-37)44-33-21-9-3-15-27(33)28-16-4-10-22-34(28)44/h1-24H/i1D,2D,3D,4D,5D,7D,8D,9D,10D,11D,13D,14D,15D,16D,17D,19D,20D,21D,22D,23D. The van der Waals surface area contributed by atoms with Crippen molar-refractivity contribution < 1.29 is 27.4 Å². The topological polar surface area (TPSA) is 35.6 Å². The number of benzene rings is 6. The Balaban J connectivity index is 1.50. The quantitative estimate of drug-likeness (QED) is 0.199. The second kappa shape index (κ2) is 9.36. The predicted molar refractivity (Wildman–Crippen MR) is 189 cm³/mol. The Morgan fingerprint density at radius 2 is 1.02 bits per heavy atom. The fraction of sp³-hybridized carbons (Fsp3) is 0. The molecule has 0 atom stereocenters. The van der Waals surface area contributed by atoms with Gasteiger partial charge < -0.3 is 4.57 Å². The second-order valence-corrected chi connectivity index (χ2v) is 11.0. The van der Waals surface area contributed by atoms with Gasteiger partial charge in [0.15, 0.2) is 0 Å². The number of aromatic nitrogens is 4. The van der Waals surface area contributed by atoms with E-state index in [0.29, 0.717) is 10.1 Å². The fourth-order valence-corrected chi connectivity index (χ4v) is 6.90. The average molecular weight is 613 g/mol. The van der Waals surface area contributed by atoms with E-state index in [1.165, 1.54) is 0 Å². The van der Waals surface area contributed by atoms with Crippen LogP contribution >= 0.6 is 11.3 Å². The van der Waals surface area contributed by atoms with Gasteiger partial charge in [-0.25, -0.2) is 9.97 Å². The maximum absolute atomic E-state index is 9.55. The smallest absolute Gasteiger partial charge is 0.235 e. The number of para-hydroxylation sites is 5. The van der Waals surface area contributed by atoms with Gasteiger partial charge >= 0.3 is 0 Å². The number of hydrogen-bond acceptors (Lipinski definition) is 3. The summed E-state index contributed by atoms with van der Waals surface area (Å²) in [6.45, 7) is 0. The number of fused-ring (bicyclic) bond motifs is 9. The molecule has 0 N–H and O–H groups in total. The van der Waals surface area contributed by atoms with Crippen LogP contribution in [0, 0.1) is 0 Å². The predicted octanol–water partition coefficient (Wildman–Crippen LogP) is 10.7. The van der Waals surface area contributed by atoms with Crippen LogP contribution in [-0.4, -0.2) is 19.1 Å². The van der Waals surface area contributed by atoms with Crippen LogP contribution in [0.1, 0.15) is 27.4 Å². The van der Waals surface area contributed by atoms with E-state index in [-0.39, 0.29) is 48.5 Å². The third-order valence-electron chi connectivity index (χ3n) is 7.60. The Morgan fingerprint density at radius 3 is 1.64 bits per heavy atom. The van der Waals surface area contributed by atoms with Crippen LogP contribution in [0.15, 0.2) is 145 Å². The third kappa shape index (κ3) is 3.47. The first-order valence-corrected chi connectivity index (χ1v) is 14.3. The minimum atomic E-state index is -0.832. The van der Waals surface area contributed by atoms with Crippen LogP contribution in [0.5, 0.6) is 0 Å². The van der Waals surface area contributed by atoms with E-state index in [2.05, 4.69) is 0 Å². The molecule has 4 heterocycles. The summed E-state index contributed by atoms with van der Waals surface area (Å²) < 4.78 is 181. The second-order valence-electron chi connectivity index (χ2n) is 9.94. The fourth-order valence-electron chi connectivity index (χ4n) is 5.76. The molecule has 0 amide bonds. The van der Waals surface area contributed by atoms with Gasteiger partial charge in [0, 0.05) is 37.2 Å². The molecule has 210 valence electrons. The summed E-state index contributed by atoms with van der Waals surface area (Å²) in [6.07, 6.45) is 0. The third-order valence-corrected chi connectivity index (χ3v) is 8.77. The molecule has 0 aliphatic heterocycles. The molecule has 6 aromatic carbocycles. The minimum absolute atomic E-state index is 0.131. The van der Waals surface area contributed by atoms with Crippen LogP contribution in [-0.2, 0) is 0 Å². The summed E-state index contributed by atoms with van der Waals surface area (Å²) in [5, 5.41) is -0.811. The van der Waals surface area contributed by atoms with Gasteiger partial charge in [0.1, 0.15) is 0 Å². The summed E-state index contributed by atoms with van der Waals surface area (Å²) in [6, 6.07) is -7.63. The molecule has 10 rings (SSSR count). The molecule has 0 aliphatic carbocycles. The first-order valence-electron chi connectivity index (χ1n) is 23.5. The van der Waals surface area contributed by atoms with Crippen LogP contribution in [0.3, 0.4) is 0 Å². The Morgan fingerprint density at radius 1 is 0.511 bits per heavy atom. The summed E-state index contributed by atoms with van der Waals surface area (Å²) in [4.78, 5) is 9.77.